The molecular weight excluding hydrogens is 336 g/mol. The molecule has 1 amide bonds. The number of primary amides is 1. The zero-order valence-corrected chi connectivity index (χ0v) is 13.7. The van der Waals surface area contributed by atoms with Crippen LogP contribution in [0.15, 0.2) is 34.0 Å². The summed E-state index contributed by atoms with van der Waals surface area (Å²) in [4.78, 5) is 15.5. The zero-order valence-electron chi connectivity index (χ0n) is 12.9. The number of methoxy groups -OCH3 is 1. The monoisotopic (exact) mass is 352 g/mol. The van der Waals surface area contributed by atoms with Crippen molar-refractivity contribution in [1.82, 2.24) is 14.4 Å². The average Bonchev–Trinajstić information content (AvgIpc) is 3.25. The Labute approximate surface area is 138 Å². The number of ether oxygens (including phenoxy) is 1. The number of nitrogens with two attached hydrogens (primary N) is 1. The van der Waals surface area contributed by atoms with Gasteiger partial charge in [-0.05, 0) is 24.6 Å². The molecule has 1 unspecified atom stereocenters. The Balaban J connectivity index is 1.89. The summed E-state index contributed by atoms with van der Waals surface area (Å²) in [5, 5.41) is 3.76. The number of sulfonamides is 1. The Morgan fingerprint density at radius 3 is 2.88 bits per heavy atom. The van der Waals surface area contributed by atoms with E-state index in [-0.39, 0.29) is 28.7 Å². The zero-order chi connectivity index (χ0) is 17.3. The number of nitrogens with zero attached hydrogens (tertiary/aromatic N) is 3. The van der Waals surface area contributed by atoms with Crippen LogP contribution in [0.2, 0.25) is 0 Å². The molecular formula is C14H16N4O5S. The van der Waals surface area contributed by atoms with Gasteiger partial charge in [-0.1, -0.05) is 5.16 Å². The maximum absolute atomic E-state index is 12.8. The van der Waals surface area contributed by atoms with Crippen LogP contribution in [0.3, 0.4) is 0 Å². The molecule has 9 nitrogen and oxygen atoms in total. The van der Waals surface area contributed by atoms with Crippen molar-refractivity contribution in [1.29, 1.82) is 0 Å². The molecule has 0 saturated carbocycles. The van der Waals surface area contributed by atoms with Gasteiger partial charge >= 0.3 is 0 Å². The maximum Gasteiger partial charge on any atom is 0.252 e. The fourth-order valence-corrected chi connectivity index (χ4v) is 4.23. The van der Waals surface area contributed by atoms with E-state index in [4.69, 9.17) is 15.0 Å². The molecule has 3 rings (SSSR count). The third-order valence-corrected chi connectivity index (χ3v) is 5.83. The largest absolute Gasteiger partial charge is 0.496 e. The first-order valence-corrected chi connectivity index (χ1v) is 8.61. The highest BCUT2D eigenvalue weighted by molar-refractivity contribution is 7.89. The second-order valence-corrected chi connectivity index (χ2v) is 7.30. The topological polar surface area (TPSA) is 129 Å². The van der Waals surface area contributed by atoms with Crippen molar-refractivity contribution in [3.8, 4) is 5.75 Å². The SMILES string of the molecule is COc1ccc(S(=O)(=O)N2CCC(c3ncon3)C2)cc1C(N)=O. The van der Waals surface area contributed by atoms with Crippen molar-refractivity contribution in [2.45, 2.75) is 17.2 Å². The summed E-state index contributed by atoms with van der Waals surface area (Å²) in [5.41, 5.74) is 5.31. The lowest BCUT2D eigenvalue weighted by atomic mass is 10.1. The summed E-state index contributed by atoms with van der Waals surface area (Å²) in [6.07, 6.45) is 1.81. The summed E-state index contributed by atoms with van der Waals surface area (Å²) in [6.45, 7) is 0.583. The molecule has 1 aromatic heterocycles. The van der Waals surface area contributed by atoms with Gasteiger partial charge in [-0.15, -0.1) is 0 Å². The molecule has 0 aliphatic carbocycles. The molecule has 1 aliphatic rings. The predicted octanol–water partition coefficient (Wildman–Crippen LogP) is 0.355. The van der Waals surface area contributed by atoms with E-state index < -0.39 is 15.9 Å². The van der Waals surface area contributed by atoms with Gasteiger partial charge in [-0.3, -0.25) is 4.79 Å². The summed E-state index contributed by atoms with van der Waals surface area (Å²) in [6, 6.07) is 4.04. The van der Waals surface area contributed by atoms with Crippen molar-refractivity contribution in [2.75, 3.05) is 20.2 Å². The Morgan fingerprint density at radius 1 is 1.46 bits per heavy atom. The molecule has 1 fully saturated rings. The van der Waals surface area contributed by atoms with E-state index >= 15 is 0 Å². The third-order valence-electron chi connectivity index (χ3n) is 3.97. The van der Waals surface area contributed by atoms with Gasteiger partial charge in [0.1, 0.15) is 5.75 Å². The first-order valence-electron chi connectivity index (χ1n) is 7.17. The smallest absolute Gasteiger partial charge is 0.252 e. The van der Waals surface area contributed by atoms with Gasteiger partial charge in [-0.2, -0.15) is 9.29 Å². The number of amides is 1. The molecule has 0 radical (unpaired) electrons. The second-order valence-electron chi connectivity index (χ2n) is 5.36. The molecule has 2 heterocycles. The van der Waals surface area contributed by atoms with E-state index in [2.05, 4.69) is 10.1 Å². The number of aromatic nitrogens is 2. The van der Waals surface area contributed by atoms with Crippen LogP contribution in [-0.2, 0) is 10.0 Å². The highest BCUT2D eigenvalue weighted by atomic mass is 32.2. The molecule has 10 heteroatoms. The van der Waals surface area contributed by atoms with Gasteiger partial charge in [0.2, 0.25) is 16.4 Å². The van der Waals surface area contributed by atoms with E-state index in [0.29, 0.717) is 18.8 Å². The minimum absolute atomic E-state index is 0.00846. The van der Waals surface area contributed by atoms with Crippen molar-refractivity contribution < 1.29 is 22.5 Å². The molecule has 0 bridgehead atoms. The van der Waals surface area contributed by atoms with Crippen molar-refractivity contribution in [3.05, 3.63) is 36.0 Å². The molecule has 128 valence electrons. The van der Waals surface area contributed by atoms with Crippen LogP contribution < -0.4 is 10.5 Å². The van der Waals surface area contributed by atoms with Gasteiger partial charge < -0.3 is 15.0 Å². The fourth-order valence-electron chi connectivity index (χ4n) is 2.71. The van der Waals surface area contributed by atoms with Crippen molar-refractivity contribution in [3.63, 3.8) is 0 Å². The maximum atomic E-state index is 12.8. The van der Waals surface area contributed by atoms with E-state index in [1.165, 1.54) is 36.0 Å². The third kappa shape index (κ3) is 2.85. The second kappa shape index (κ2) is 6.21. The van der Waals surface area contributed by atoms with E-state index in [0.717, 1.165) is 0 Å². The van der Waals surface area contributed by atoms with E-state index in [1.807, 2.05) is 0 Å². The number of hydrogen-bond donors (Lipinski definition) is 1. The molecule has 1 aromatic carbocycles. The Hall–Kier alpha value is -2.46. The number of rotatable bonds is 5. The summed E-state index contributed by atoms with van der Waals surface area (Å²) in [5.74, 6) is -0.157. The van der Waals surface area contributed by atoms with Gasteiger partial charge in [0.15, 0.2) is 5.82 Å². The van der Waals surface area contributed by atoms with Crippen LogP contribution in [-0.4, -0.2) is 49.0 Å². The van der Waals surface area contributed by atoms with Crippen molar-refractivity contribution >= 4 is 15.9 Å². The molecule has 1 saturated heterocycles. The summed E-state index contributed by atoms with van der Waals surface area (Å²) in [7, 11) is -2.38. The standard InChI is InChI=1S/C14H16N4O5S/c1-22-12-3-2-10(6-11(12)13(15)19)24(20,21)18-5-4-9(7-18)14-16-8-23-17-14/h2-3,6,8-9H,4-5,7H2,1H3,(H2,15,19). The number of carbonyl (C=O) groups is 1. The molecule has 2 aromatic rings. The van der Waals surface area contributed by atoms with Crippen LogP contribution in [0.5, 0.6) is 5.75 Å². The number of hydrogen-bond acceptors (Lipinski definition) is 7. The van der Waals surface area contributed by atoms with Crippen molar-refractivity contribution in [2.24, 2.45) is 5.73 Å². The number of carbonyl (C=O) groups excluding carboxylic acids is 1. The lowest BCUT2D eigenvalue weighted by Crippen LogP contribution is -2.29. The summed E-state index contributed by atoms with van der Waals surface area (Å²) < 4.78 is 36.7. The van der Waals surface area contributed by atoms with Gasteiger partial charge in [0, 0.05) is 19.0 Å². The highest BCUT2D eigenvalue weighted by Crippen LogP contribution is 2.31. The van der Waals surface area contributed by atoms with Gasteiger partial charge in [-0.25, -0.2) is 8.42 Å². The highest BCUT2D eigenvalue weighted by Gasteiger charge is 2.35. The Kier molecular flexibility index (Phi) is 4.24. The molecule has 24 heavy (non-hydrogen) atoms. The lowest BCUT2D eigenvalue weighted by Gasteiger charge is -2.17. The molecule has 1 atom stereocenters. The number of benzene rings is 1. The Morgan fingerprint density at radius 2 is 2.25 bits per heavy atom. The van der Waals surface area contributed by atoms with Gasteiger partial charge in [0.05, 0.1) is 17.6 Å². The normalized spacial score (nSPS) is 18.6. The first kappa shape index (κ1) is 16.4. The predicted molar refractivity (Wildman–Crippen MR) is 81.9 cm³/mol. The van der Waals surface area contributed by atoms with E-state index in [1.54, 1.807) is 0 Å². The Bertz CT molecular complexity index is 850. The molecule has 0 spiro atoms. The lowest BCUT2D eigenvalue weighted by molar-refractivity contribution is 0.0997. The van der Waals surface area contributed by atoms with E-state index in [9.17, 15) is 13.2 Å². The fraction of sp³-hybridized carbons (Fsp3) is 0.357. The van der Waals surface area contributed by atoms with Crippen LogP contribution in [0.25, 0.3) is 0 Å². The molecule has 1 aliphatic heterocycles. The quantitative estimate of drug-likeness (QED) is 0.822. The van der Waals surface area contributed by atoms with Crippen LogP contribution in [0.1, 0.15) is 28.5 Å². The minimum Gasteiger partial charge on any atom is -0.496 e. The average molecular weight is 352 g/mol. The molecule has 2 N–H and O–H groups in total. The van der Waals surface area contributed by atoms with Crippen LogP contribution >= 0.6 is 0 Å². The summed E-state index contributed by atoms with van der Waals surface area (Å²) >= 11 is 0. The first-order chi connectivity index (χ1) is 11.4. The van der Waals surface area contributed by atoms with Crippen LogP contribution in [0, 0.1) is 0 Å². The van der Waals surface area contributed by atoms with Crippen LogP contribution in [0.4, 0.5) is 0 Å². The van der Waals surface area contributed by atoms with Gasteiger partial charge in [0.25, 0.3) is 5.91 Å². The minimum atomic E-state index is -3.76.